The highest BCUT2D eigenvalue weighted by molar-refractivity contribution is 7.21. The molecule has 1 aliphatic heterocycles. The molecule has 34 heavy (non-hydrogen) atoms. The molecule has 0 spiro atoms. The lowest BCUT2D eigenvalue weighted by atomic mass is 9.85. The normalized spacial score (nSPS) is 19.4. The minimum atomic E-state index is -4.48. The summed E-state index contributed by atoms with van der Waals surface area (Å²) >= 11 is 1.28. The van der Waals surface area contributed by atoms with Crippen molar-refractivity contribution < 1.29 is 22.7 Å². The van der Waals surface area contributed by atoms with Gasteiger partial charge in [-0.1, -0.05) is 25.3 Å². The first kappa shape index (κ1) is 23.1. The second-order valence-electron chi connectivity index (χ2n) is 9.05. The van der Waals surface area contributed by atoms with Gasteiger partial charge in [0.05, 0.1) is 17.9 Å². The highest BCUT2D eigenvalue weighted by atomic mass is 32.1. The van der Waals surface area contributed by atoms with Crippen molar-refractivity contribution in [3.63, 3.8) is 0 Å². The minimum absolute atomic E-state index is 0.139. The van der Waals surface area contributed by atoms with E-state index in [-0.39, 0.29) is 17.5 Å². The number of nitrogens with one attached hydrogen (secondary N) is 1. The Hall–Kier alpha value is -2.65. The summed E-state index contributed by atoms with van der Waals surface area (Å²) in [5, 5.41) is 4.45. The second-order valence-corrected chi connectivity index (χ2v) is 10.1. The fraction of sp³-hybridized carbons (Fsp3) is 0.440. The van der Waals surface area contributed by atoms with Crippen LogP contribution in [0.2, 0.25) is 0 Å². The van der Waals surface area contributed by atoms with Gasteiger partial charge in [-0.25, -0.2) is 4.98 Å². The lowest BCUT2D eigenvalue weighted by Crippen LogP contribution is -2.53. The number of rotatable bonds is 4. The average Bonchev–Trinajstić information content (AvgIpc) is 3.18. The zero-order chi connectivity index (χ0) is 24.0. The summed E-state index contributed by atoms with van der Waals surface area (Å²) < 4.78 is 45.8. The van der Waals surface area contributed by atoms with Crippen LogP contribution < -0.4 is 10.2 Å². The summed E-state index contributed by atoms with van der Waals surface area (Å²) in [6.07, 6.45) is 0.135. The Morgan fingerprint density at radius 1 is 1.21 bits per heavy atom. The molecular weight excluding hydrogens is 463 g/mol. The molecule has 5 rings (SSSR count). The van der Waals surface area contributed by atoms with Gasteiger partial charge in [-0.3, -0.25) is 9.69 Å². The van der Waals surface area contributed by atoms with E-state index in [4.69, 9.17) is 4.74 Å². The summed E-state index contributed by atoms with van der Waals surface area (Å²) in [5.41, 5.74) is 1.99. The zero-order valence-corrected chi connectivity index (χ0v) is 19.9. The van der Waals surface area contributed by atoms with Crippen LogP contribution in [-0.4, -0.2) is 24.2 Å². The number of methoxy groups -OCH3 is 1. The van der Waals surface area contributed by atoms with Gasteiger partial charge < -0.3 is 10.1 Å². The van der Waals surface area contributed by atoms with Crippen molar-refractivity contribution in [2.75, 3.05) is 17.3 Å². The molecule has 0 radical (unpaired) electrons. The molecule has 3 aromatic rings. The van der Waals surface area contributed by atoms with Crippen LogP contribution in [0.15, 0.2) is 30.3 Å². The number of nitrogens with zero attached hydrogens (tertiary/aromatic N) is 2. The number of carbonyl (C=O) groups is 1. The number of ether oxygens (including phenoxy) is 1. The predicted molar refractivity (Wildman–Crippen MR) is 127 cm³/mol. The van der Waals surface area contributed by atoms with E-state index >= 15 is 0 Å². The minimum Gasteiger partial charge on any atom is -0.380 e. The maximum atomic E-state index is 13.9. The SMILES string of the molecule is COCc1cc(C)nc2sc3c(c12)NC(C1CCCCC1)N(c1cccc(C(F)(F)F)c1)C3=O. The van der Waals surface area contributed by atoms with E-state index < -0.39 is 17.9 Å². The number of benzene rings is 1. The topological polar surface area (TPSA) is 54.5 Å². The van der Waals surface area contributed by atoms with Crippen molar-refractivity contribution >= 4 is 38.8 Å². The summed E-state index contributed by atoms with van der Waals surface area (Å²) in [4.78, 5) is 21.3. The number of halogens is 3. The number of alkyl halides is 3. The van der Waals surface area contributed by atoms with E-state index in [9.17, 15) is 18.0 Å². The maximum Gasteiger partial charge on any atom is 0.416 e. The van der Waals surface area contributed by atoms with Crippen LogP contribution in [0.25, 0.3) is 10.2 Å². The van der Waals surface area contributed by atoms with E-state index in [2.05, 4.69) is 10.3 Å². The predicted octanol–water partition coefficient (Wildman–Crippen LogP) is 6.75. The molecule has 1 aromatic carbocycles. The van der Waals surface area contributed by atoms with Gasteiger partial charge in [0, 0.05) is 23.9 Å². The molecular formula is C25H26F3N3O2S. The first-order valence-corrected chi connectivity index (χ1v) is 12.3. The number of hydrogen-bond acceptors (Lipinski definition) is 5. The van der Waals surface area contributed by atoms with Gasteiger partial charge in [0.15, 0.2) is 0 Å². The third-order valence-electron chi connectivity index (χ3n) is 6.70. The number of amides is 1. The van der Waals surface area contributed by atoms with Gasteiger partial charge in [-0.2, -0.15) is 13.2 Å². The standard InChI is InChI=1S/C25H26F3N3O2S/c1-14-11-16(13-33-2)19-20-21(34-23(19)29-14)24(32)31(22(30-20)15-7-4-3-5-8-15)18-10-6-9-17(12-18)25(26,27)28/h6,9-12,15,22,30H,3-5,7-8,13H2,1-2H3. The van der Waals surface area contributed by atoms with Crippen LogP contribution in [0.3, 0.4) is 0 Å². The third-order valence-corrected chi connectivity index (χ3v) is 7.77. The van der Waals surface area contributed by atoms with Gasteiger partial charge in [-0.05, 0) is 55.5 Å². The van der Waals surface area contributed by atoms with Gasteiger partial charge in [0.25, 0.3) is 5.91 Å². The number of anilines is 2. The summed E-state index contributed by atoms with van der Waals surface area (Å²) in [7, 11) is 1.62. The Bertz CT molecular complexity index is 1230. The molecule has 1 fully saturated rings. The van der Waals surface area contributed by atoms with Crippen molar-refractivity contribution in [3.05, 3.63) is 52.0 Å². The number of pyridine rings is 1. The van der Waals surface area contributed by atoms with Crippen LogP contribution in [-0.2, 0) is 17.5 Å². The molecule has 1 atom stereocenters. The Morgan fingerprint density at radius 3 is 2.68 bits per heavy atom. The highest BCUT2D eigenvalue weighted by Crippen LogP contribution is 2.45. The van der Waals surface area contributed by atoms with E-state index in [1.54, 1.807) is 13.2 Å². The van der Waals surface area contributed by atoms with Gasteiger partial charge >= 0.3 is 6.18 Å². The van der Waals surface area contributed by atoms with E-state index in [0.29, 0.717) is 11.5 Å². The molecule has 1 saturated carbocycles. The molecule has 180 valence electrons. The maximum absolute atomic E-state index is 13.9. The number of aryl methyl sites for hydroxylation is 1. The monoisotopic (exact) mass is 489 g/mol. The molecule has 1 aliphatic carbocycles. The van der Waals surface area contributed by atoms with E-state index in [1.165, 1.54) is 22.3 Å². The van der Waals surface area contributed by atoms with Crippen molar-refractivity contribution in [1.29, 1.82) is 0 Å². The summed E-state index contributed by atoms with van der Waals surface area (Å²) in [6, 6.07) is 7.02. The molecule has 0 saturated heterocycles. The number of fused-ring (bicyclic) bond motifs is 3. The Kier molecular flexibility index (Phi) is 6.02. The van der Waals surface area contributed by atoms with Crippen LogP contribution in [0.5, 0.6) is 0 Å². The largest absolute Gasteiger partial charge is 0.416 e. The van der Waals surface area contributed by atoms with Crippen molar-refractivity contribution in [1.82, 2.24) is 4.98 Å². The Labute approximate surface area is 199 Å². The smallest absolute Gasteiger partial charge is 0.380 e. The van der Waals surface area contributed by atoms with Gasteiger partial charge in [0.2, 0.25) is 0 Å². The molecule has 5 nitrogen and oxygen atoms in total. The van der Waals surface area contributed by atoms with Crippen LogP contribution in [0.1, 0.15) is 58.6 Å². The summed E-state index contributed by atoms with van der Waals surface area (Å²) in [6.45, 7) is 2.27. The van der Waals surface area contributed by atoms with Gasteiger partial charge in [-0.15, -0.1) is 11.3 Å². The molecule has 1 N–H and O–H groups in total. The van der Waals surface area contributed by atoms with E-state index in [0.717, 1.165) is 71.4 Å². The first-order chi connectivity index (χ1) is 16.3. The molecule has 1 unspecified atom stereocenters. The first-order valence-electron chi connectivity index (χ1n) is 11.5. The Balaban J connectivity index is 1.67. The Morgan fingerprint density at radius 2 is 1.97 bits per heavy atom. The van der Waals surface area contributed by atoms with E-state index in [1.807, 2.05) is 13.0 Å². The van der Waals surface area contributed by atoms with Gasteiger partial charge in [0.1, 0.15) is 15.9 Å². The highest BCUT2D eigenvalue weighted by Gasteiger charge is 2.41. The number of hydrogen-bond donors (Lipinski definition) is 1. The molecule has 1 amide bonds. The van der Waals surface area contributed by atoms with Crippen molar-refractivity contribution in [2.24, 2.45) is 5.92 Å². The number of aromatic nitrogens is 1. The van der Waals surface area contributed by atoms with Crippen LogP contribution in [0.4, 0.5) is 24.5 Å². The van der Waals surface area contributed by atoms with Crippen LogP contribution >= 0.6 is 11.3 Å². The number of carbonyl (C=O) groups excluding carboxylic acids is 1. The average molecular weight is 490 g/mol. The zero-order valence-electron chi connectivity index (χ0n) is 19.0. The quantitative estimate of drug-likeness (QED) is 0.441. The molecule has 3 heterocycles. The van der Waals surface area contributed by atoms with Crippen molar-refractivity contribution in [2.45, 2.75) is 58.0 Å². The molecule has 2 aromatic heterocycles. The fourth-order valence-corrected chi connectivity index (χ4v) is 6.37. The molecule has 9 heteroatoms. The lowest BCUT2D eigenvalue weighted by molar-refractivity contribution is -0.137. The molecule has 0 bridgehead atoms. The molecule has 2 aliphatic rings. The van der Waals surface area contributed by atoms with Crippen molar-refractivity contribution in [3.8, 4) is 0 Å². The lowest BCUT2D eigenvalue weighted by Gasteiger charge is -2.42. The van der Waals surface area contributed by atoms with Crippen LogP contribution in [0, 0.1) is 12.8 Å². The number of thiophene rings is 1. The summed E-state index contributed by atoms with van der Waals surface area (Å²) in [5.74, 6) is -0.146. The third kappa shape index (κ3) is 4.05. The fourth-order valence-electron chi connectivity index (χ4n) is 5.21. The second kappa shape index (κ2) is 8.85.